The molecular formula is C15H18BrNO3. The first-order valence-electron chi connectivity index (χ1n) is 6.56. The first kappa shape index (κ1) is 15.0. The molecule has 1 aromatic rings. The van der Waals surface area contributed by atoms with Crippen molar-refractivity contribution >= 4 is 27.8 Å². The number of carbonyl (C=O) groups excluding carboxylic acids is 1. The molecule has 2 N–H and O–H groups in total. The normalized spacial score (nSPS) is 16.6. The van der Waals surface area contributed by atoms with Crippen molar-refractivity contribution in [3.05, 3.63) is 34.3 Å². The summed E-state index contributed by atoms with van der Waals surface area (Å²) in [6.45, 7) is 4.45. The predicted molar refractivity (Wildman–Crippen MR) is 79.5 cm³/mol. The van der Waals surface area contributed by atoms with Crippen LogP contribution in [0, 0.1) is 5.41 Å². The summed E-state index contributed by atoms with van der Waals surface area (Å²) in [7, 11) is 0. The Bertz CT molecular complexity index is 550. The minimum absolute atomic E-state index is 0.273. The van der Waals surface area contributed by atoms with Crippen LogP contribution in [0.3, 0.4) is 0 Å². The molecule has 1 fully saturated rings. The van der Waals surface area contributed by atoms with E-state index < -0.39 is 11.4 Å². The molecule has 5 heteroatoms. The second kappa shape index (κ2) is 5.20. The number of hydrogen-bond acceptors (Lipinski definition) is 2. The van der Waals surface area contributed by atoms with E-state index in [1.807, 2.05) is 38.1 Å². The number of carbonyl (C=O) groups is 2. The third-order valence-electron chi connectivity index (χ3n) is 3.89. The van der Waals surface area contributed by atoms with Gasteiger partial charge in [0.25, 0.3) is 0 Å². The molecule has 108 valence electrons. The lowest BCUT2D eigenvalue weighted by atomic mass is 9.84. The van der Waals surface area contributed by atoms with Gasteiger partial charge in [0.1, 0.15) is 5.41 Å². The minimum atomic E-state index is -1.18. The van der Waals surface area contributed by atoms with Crippen molar-refractivity contribution in [2.75, 3.05) is 6.54 Å². The van der Waals surface area contributed by atoms with Gasteiger partial charge in [0.05, 0.1) is 0 Å². The van der Waals surface area contributed by atoms with Crippen LogP contribution in [0.5, 0.6) is 0 Å². The number of carboxylic acid groups (broad SMARTS) is 1. The Morgan fingerprint density at radius 3 is 2.45 bits per heavy atom. The van der Waals surface area contributed by atoms with Crippen LogP contribution in [-0.2, 0) is 15.0 Å². The van der Waals surface area contributed by atoms with Gasteiger partial charge < -0.3 is 10.4 Å². The van der Waals surface area contributed by atoms with Crippen molar-refractivity contribution < 1.29 is 14.7 Å². The van der Waals surface area contributed by atoms with Crippen LogP contribution in [0.1, 0.15) is 32.3 Å². The van der Waals surface area contributed by atoms with Gasteiger partial charge in [0.2, 0.25) is 5.91 Å². The van der Waals surface area contributed by atoms with E-state index in [-0.39, 0.29) is 11.3 Å². The molecule has 0 atom stereocenters. The maximum absolute atomic E-state index is 12.0. The average Bonchev–Trinajstić information content (AvgIpc) is 3.18. The number of amides is 1. The number of carboxylic acids is 1. The molecule has 0 bridgehead atoms. The highest BCUT2D eigenvalue weighted by molar-refractivity contribution is 9.10. The average molecular weight is 340 g/mol. The molecule has 0 radical (unpaired) electrons. The molecule has 0 aliphatic heterocycles. The third kappa shape index (κ3) is 2.73. The van der Waals surface area contributed by atoms with Gasteiger partial charge in [0, 0.05) is 16.4 Å². The lowest BCUT2D eigenvalue weighted by Gasteiger charge is -2.27. The van der Waals surface area contributed by atoms with Crippen LogP contribution in [0.15, 0.2) is 28.7 Å². The van der Waals surface area contributed by atoms with Gasteiger partial charge in [-0.15, -0.1) is 0 Å². The first-order chi connectivity index (χ1) is 9.29. The lowest BCUT2D eigenvalue weighted by molar-refractivity contribution is -0.149. The van der Waals surface area contributed by atoms with Crippen molar-refractivity contribution in [1.82, 2.24) is 5.32 Å². The van der Waals surface area contributed by atoms with E-state index in [1.165, 1.54) is 0 Å². The summed E-state index contributed by atoms with van der Waals surface area (Å²) >= 11 is 3.51. The van der Waals surface area contributed by atoms with Gasteiger partial charge in [-0.3, -0.25) is 9.59 Å². The molecule has 1 aliphatic carbocycles. The molecule has 1 amide bonds. The van der Waals surface area contributed by atoms with Crippen molar-refractivity contribution in [2.24, 2.45) is 5.41 Å². The van der Waals surface area contributed by atoms with E-state index in [2.05, 4.69) is 21.2 Å². The highest BCUT2D eigenvalue weighted by atomic mass is 79.9. The molecule has 1 saturated carbocycles. The molecular weight excluding hydrogens is 322 g/mol. The van der Waals surface area contributed by atoms with Crippen molar-refractivity contribution in [3.63, 3.8) is 0 Å². The van der Waals surface area contributed by atoms with Crippen molar-refractivity contribution in [1.29, 1.82) is 0 Å². The fourth-order valence-electron chi connectivity index (χ4n) is 2.24. The Morgan fingerprint density at radius 2 is 1.95 bits per heavy atom. The summed E-state index contributed by atoms with van der Waals surface area (Å²) in [4.78, 5) is 23.1. The number of nitrogens with one attached hydrogen (secondary N) is 1. The Hall–Kier alpha value is -1.36. The van der Waals surface area contributed by atoms with E-state index in [1.54, 1.807) is 0 Å². The van der Waals surface area contributed by atoms with Crippen molar-refractivity contribution in [2.45, 2.75) is 32.1 Å². The summed E-state index contributed by atoms with van der Waals surface area (Å²) in [5.41, 5.74) is -0.366. The van der Waals surface area contributed by atoms with Crippen LogP contribution in [0.25, 0.3) is 0 Å². The van der Waals surface area contributed by atoms with Gasteiger partial charge >= 0.3 is 5.97 Å². The number of rotatable bonds is 5. The monoisotopic (exact) mass is 339 g/mol. The Kier molecular flexibility index (Phi) is 3.91. The highest BCUT2D eigenvalue weighted by Crippen LogP contribution is 2.46. The standard InChI is InChI=1S/C15H18BrNO3/c1-14(2,10-5-3-4-6-11(10)16)9-17-12(18)15(7-8-15)13(19)20/h3-6H,7-9H2,1-2H3,(H,17,18)(H,19,20). The van der Waals surface area contributed by atoms with E-state index in [4.69, 9.17) is 5.11 Å². The summed E-state index contributed by atoms with van der Waals surface area (Å²) in [5.74, 6) is -1.39. The molecule has 2 rings (SSSR count). The number of hydrogen-bond donors (Lipinski definition) is 2. The molecule has 20 heavy (non-hydrogen) atoms. The molecule has 0 aromatic heterocycles. The zero-order valence-electron chi connectivity index (χ0n) is 11.6. The van der Waals surface area contributed by atoms with E-state index in [9.17, 15) is 9.59 Å². The number of benzene rings is 1. The summed E-state index contributed by atoms with van der Waals surface area (Å²) in [5, 5.41) is 11.9. The van der Waals surface area contributed by atoms with E-state index in [0.717, 1.165) is 10.0 Å². The third-order valence-corrected chi connectivity index (χ3v) is 4.58. The van der Waals surface area contributed by atoms with Gasteiger partial charge in [-0.05, 0) is 24.5 Å². The maximum atomic E-state index is 12.0. The fourth-order valence-corrected chi connectivity index (χ4v) is 3.06. The van der Waals surface area contributed by atoms with Gasteiger partial charge in [0.15, 0.2) is 0 Å². The molecule has 4 nitrogen and oxygen atoms in total. The summed E-state index contributed by atoms with van der Waals surface area (Å²) < 4.78 is 0.985. The van der Waals surface area contributed by atoms with Crippen LogP contribution in [0.4, 0.5) is 0 Å². The quantitative estimate of drug-likeness (QED) is 0.810. The summed E-state index contributed by atoms with van der Waals surface area (Å²) in [6.07, 6.45) is 0.868. The van der Waals surface area contributed by atoms with Gasteiger partial charge in [-0.2, -0.15) is 0 Å². The van der Waals surface area contributed by atoms with Gasteiger partial charge in [-0.1, -0.05) is 48.0 Å². The van der Waals surface area contributed by atoms with E-state index in [0.29, 0.717) is 19.4 Å². The maximum Gasteiger partial charge on any atom is 0.319 e. The molecule has 0 spiro atoms. The van der Waals surface area contributed by atoms with Crippen molar-refractivity contribution in [3.8, 4) is 0 Å². The van der Waals surface area contributed by atoms with Crippen LogP contribution in [-0.4, -0.2) is 23.5 Å². The first-order valence-corrected chi connectivity index (χ1v) is 7.36. The number of halogens is 1. The lowest BCUT2D eigenvalue weighted by Crippen LogP contribution is -2.43. The number of aliphatic carboxylic acids is 1. The van der Waals surface area contributed by atoms with Crippen LogP contribution < -0.4 is 5.32 Å². The topological polar surface area (TPSA) is 66.4 Å². The van der Waals surface area contributed by atoms with Gasteiger partial charge in [-0.25, -0.2) is 0 Å². The largest absolute Gasteiger partial charge is 0.480 e. The molecule has 0 saturated heterocycles. The molecule has 1 aromatic carbocycles. The minimum Gasteiger partial charge on any atom is -0.480 e. The van der Waals surface area contributed by atoms with Crippen LogP contribution in [0.2, 0.25) is 0 Å². The zero-order chi connectivity index (χ0) is 15.0. The second-order valence-corrected chi connectivity index (χ2v) is 6.79. The fraction of sp³-hybridized carbons (Fsp3) is 0.467. The summed E-state index contributed by atoms with van der Waals surface area (Å²) in [6, 6.07) is 7.84. The smallest absolute Gasteiger partial charge is 0.319 e. The predicted octanol–water partition coefficient (Wildman–Crippen LogP) is 2.71. The molecule has 0 heterocycles. The molecule has 0 unspecified atom stereocenters. The highest BCUT2D eigenvalue weighted by Gasteiger charge is 2.57. The second-order valence-electron chi connectivity index (χ2n) is 5.93. The Morgan fingerprint density at radius 1 is 1.35 bits per heavy atom. The van der Waals surface area contributed by atoms with Crippen LogP contribution >= 0.6 is 15.9 Å². The Labute approximate surface area is 126 Å². The zero-order valence-corrected chi connectivity index (χ0v) is 13.2. The Balaban J connectivity index is 2.05. The SMILES string of the molecule is CC(C)(CNC(=O)C1(C(=O)O)CC1)c1ccccc1Br. The molecule has 1 aliphatic rings. The van der Waals surface area contributed by atoms with E-state index >= 15 is 0 Å².